The molecule has 1 aromatic carbocycles. The predicted octanol–water partition coefficient (Wildman–Crippen LogP) is 3.63. The summed E-state index contributed by atoms with van der Waals surface area (Å²) in [5.41, 5.74) is 0.649. The summed E-state index contributed by atoms with van der Waals surface area (Å²) in [6.45, 7) is 4.46. The van der Waals surface area contributed by atoms with E-state index in [2.05, 4.69) is 13.8 Å². The summed E-state index contributed by atoms with van der Waals surface area (Å²) < 4.78 is 5.74. The van der Waals surface area contributed by atoms with Crippen molar-refractivity contribution in [1.82, 2.24) is 0 Å². The summed E-state index contributed by atoms with van der Waals surface area (Å²) in [6, 6.07) is 8.05. The van der Waals surface area contributed by atoms with Crippen LogP contribution >= 0.6 is 0 Å². The van der Waals surface area contributed by atoms with Crippen molar-refractivity contribution in [2.75, 3.05) is 0 Å². The van der Waals surface area contributed by atoms with Gasteiger partial charge in [0, 0.05) is 0 Å². The van der Waals surface area contributed by atoms with Gasteiger partial charge in [0.1, 0.15) is 5.75 Å². The highest BCUT2D eigenvalue weighted by molar-refractivity contribution is 5.32. The molecule has 2 aliphatic rings. The molecule has 98 valence electrons. The first-order valence-electron chi connectivity index (χ1n) is 6.97. The van der Waals surface area contributed by atoms with Crippen LogP contribution in [0.15, 0.2) is 24.3 Å². The molecule has 3 rings (SSSR count). The summed E-state index contributed by atoms with van der Waals surface area (Å²) in [6.07, 6.45) is 5.60. The molecule has 1 aromatic rings. The molecule has 2 fully saturated rings. The zero-order chi connectivity index (χ0) is 12.8. The predicted molar refractivity (Wildman–Crippen MR) is 71.6 cm³/mol. The quantitative estimate of drug-likeness (QED) is 0.882. The molecule has 1 unspecified atom stereocenters. The van der Waals surface area contributed by atoms with Gasteiger partial charge in [-0.25, -0.2) is 0 Å². The first-order chi connectivity index (χ1) is 8.47. The zero-order valence-corrected chi connectivity index (χ0v) is 11.3. The van der Waals surface area contributed by atoms with Gasteiger partial charge >= 0.3 is 0 Å². The maximum absolute atomic E-state index is 10.7. The lowest BCUT2D eigenvalue weighted by Gasteiger charge is -2.26. The number of hydrogen-bond donors (Lipinski definition) is 1. The molecule has 0 heterocycles. The molecule has 0 saturated heterocycles. The normalized spacial score (nSPS) is 30.4. The van der Waals surface area contributed by atoms with E-state index in [1.165, 1.54) is 12.8 Å². The molecular weight excluding hydrogens is 224 g/mol. The third kappa shape index (κ3) is 2.39. The maximum atomic E-state index is 10.7. The highest BCUT2D eigenvalue weighted by atomic mass is 16.5. The SMILES string of the molecule is CC1(C)CCC(O)(c2ccc(OC3CC3)cc2)C1. The molecule has 0 radical (unpaired) electrons. The maximum Gasteiger partial charge on any atom is 0.119 e. The highest BCUT2D eigenvalue weighted by Gasteiger charge is 2.42. The van der Waals surface area contributed by atoms with Gasteiger partial charge in [0.2, 0.25) is 0 Å². The van der Waals surface area contributed by atoms with Gasteiger partial charge in [0.05, 0.1) is 11.7 Å². The lowest BCUT2D eigenvalue weighted by molar-refractivity contribution is 0.0338. The van der Waals surface area contributed by atoms with Crippen molar-refractivity contribution in [3.63, 3.8) is 0 Å². The molecule has 0 bridgehead atoms. The largest absolute Gasteiger partial charge is 0.490 e. The van der Waals surface area contributed by atoms with Crippen LogP contribution < -0.4 is 4.74 Å². The van der Waals surface area contributed by atoms with Crippen LogP contribution in [-0.2, 0) is 5.60 Å². The lowest BCUT2D eigenvalue weighted by atomic mass is 9.86. The molecule has 0 aliphatic heterocycles. The number of benzene rings is 1. The molecular formula is C16H22O2. The molecule has 0 amide bonds. The first-order valence-corrected chi connectivity index (χ1v) is 6.97. The summed E-state index contributed by atoms with van der Waals surface area (Å²) in [5.74, 6) is 0.933. The topological polar surface area (TPSA) is 29.5 Å². The molecule has 18 heavy (non-hydrogen) atoms. The van der Waals surface area contributed by atoms with Gasteiger partial charge in [-0.15, -0.1) is 0 Å². The Balaban J connectivity index is 1.75. The monoisotopic (exact) mass is 246 g/mol. The van der Waals surface area contributed by atoms with Crippen molar-refractivity contribution in [1.29, 1.82) is 0 Å². The number of hydrogen-bond acceptors (Lipinski definition) is 2. The summed E-state index contributed by atoms with van der Waals surface area (Å²) >= 11 is 0. The van der Waals surface area contributed by atoms with E-state index in [-0.39, 0.29) is 5.41 Å². The van der Waals surface area contributed by atoms with Gasteiger partial charge in [0.15, 0.2) is 0 Å². The second-order valence-electron chi connectivity index (χ2n) is 6.71. The fraction of sp³-hybridized carbons (Fsp3) is 0.625. The second kappa shape index (κ2) is 3.99. The van der Waals surface area contributed by atoms with Crippen molar-refractivity contribution in [2.24, 2.45) is 5.41 Å². The average molecular weight is 246 g/mol. The van der Waals surface area contributed by atoms with E-state index in [0.29, 0.717) is 6.10 Å². The Morgan fingerprint density at radius 1 is 1.11 bits per heavy atom. The van der Waals surface area contributed by atoms with Gasteiger partial charge in [-0.3, -0.25) is 0 Å². The molecule has 0 spiro atoms. The van der Waals surface area contributed by atoms with Crippen molar-refractivity contribution in [3.8, 4) is 5.75 Å². The number of rotatable bonds is 3. The smallest absolute Gasteiger partial charge is 0.119 e. The molecule has 2 aliphatic carbocycles. The molecule has 1 atom stereocenters. The average Bonchev–Trinajstić information content (AvgIpc) is 3.06. The van der Waals surface area contributed by atoms with Crippen LogP contribution in [0.4, 0.5) is 0 Å². The van der Waals surface area contributed by atoms with Crippen LogP contribution in [0.1, 0.15) is 51.5 Å². The van der Waals surface area contributed by atoms with Crippen molar-refractivity contribution < 1.29 is 9.84 Å². The molecule has 0 aromatic heterocycles. The minimum absolute atomic E-state index is 0.248. The van der Waals surface area contributed by atoms with E-state index in [4.69, 9.17) is 4.74 Å². The Bertz CT molecular complexity index is 431. The van der Waals surface area contributed by atoms with E-state index < -0.39 is 5.60 Å². The molecule has 2 heteroatoms. The van der Waals surface area contributed by atoms with Gasteiger partial charge in [-0.2, -0.15) is 0 Å². The van der Waals surface area contributed by atoms with Crippen LogP contribution in [0.2, 0.25) is 0 Å². The van der Waals surface area contributed by atoms with Gasteiger partial charge < -0.3 is 9.84 Å². The van der Waals surface area contributed by atoms with Gasteiger partial charge in [0.25, 0.3) is 0 Å². The Kier molecular flexibility index (Phi) is 2.67. The second-order valence-corrected chi connectivity index (χ2v) is 6.71. The van der Waals surface area contributed by atoms with E-state index in [0.717, 1.165) is 30.6 Å². The van der Waals surface area contributed by atoms with Crippen LogP contribution in [0.5, 0.6) is 5.75 Å². The van der Waals surface area contributed by atoms with Crippen LogP contribution in [-0.4, -0.2) is 11.2 Å². The van der Waals surface area contributed by atoms with Crippen LogP contribution in [0.3, 0.4) is 0 Å². The molecule has 2 saturated carbocycles. The van der Waals surface area contributed by atoms with E-state index in [1.54, 1.807) is 0 Å². The van der Waals surface area contributed by atoms with Gasteiger partial charge in [-0.05, 0) is 55.2 Å². The molecule has 1 N–H and O–H groups in total. The third-order valence-electron chi connectivity index (χ3n) is 4.21. The molecule has 2 nitrogen and oxygen atoms in total. The van der Waals surface area contributed by atoms with E-state index in [1.807, 2.05) is 24.3 Å². The third-order valence-corrected chi connectivity index (χ3v) is 4.21. The van der Waals surface area contributed by atoms with E-state index >= 15 is 0 Å². The minimum atomic E-state index is -0.637. The Morgan fingerprint density at radius 3 is 2.28 bits per heavy atom. The summed E-state index contributed by atoms with van der Waals surface area (Å²) in [5, 5.41) is 10.7. The van der Waals surface area contributed by atoms with E-state index in [9.17, 15) is 5.11 Å². The van der Waals surface area contributed by atoms with Crippen molar-refractivity contribution in [2.45, 2.75) is 57.7 Å². The number of ether oxygens (including phenoxy) is 1. The summed E-state index contributed by atoms with van der Waals surface area (Å²) in [7, 11) is 0. The zero-order valence-electron chi connectivity index (χ0n) is 11.3. The Hall–Kier alpha value is -1.02. The standard InChI is InChI=1S/C16H22O2/c1-15(2)9-10-16(17,11-15)12-3-5-13(6-4-12)18-14-7-8-14/h3-6,14,17H,7-11H2,1-2H3. The fourth-order valence-corrected chi connectivity index (χ4v) is 2.98. The lowest BCUT2D eigenvalue weighted by Crippen LogP contribution is -2.23. The minimum Gasteiger partial charge on any atom is -0.490 e. The van der Waals surface area contributed by atoms with Crippen LogP contribution in [0, 0.1) is 5.41 Å². The van der Waals surface area contributed by atoms with Crippen LogP contribution in [0.25, 0.3) is 0 Å². The fourth-order valence-electron chi connectivity index (χ4n) is 2.98. The Labute approximate surface area is 109 Å². The Morgan fingerprint density at radius 2 is 1.78 bits per heavy atom. The van der Waals surface area contributed by atoms with Gasteiger partial charge in [-0.1, -0.05) is 26.0 Å². The highest BCUT2D eigenvalue weighted by Crippen LogP contribution is 2.49. The van der Waals surface area contributed by atoms with Crippen molar-refractivity contribution >= 4 is 0 Å². The first kappa shape index (κ1) is 12.0. The number of aliphatic hydroxyl groups is 1. The van der Waals surface area contributed by atoms with Crippen molar-refractivity contribution in [3.05, 3.63) is 29.8 Å². The summed E-state index contributed by atoms with van der Waals surface area (Å²) in [4.78, 5) is 0.